The van der Waals surface area contributed by atoms with Crippen LogP contribution >= 0.6 is 0 Å². The van der Waals surface area contributed by atoms with Crippen molar-refractivity contribution in [2.75, 3.05) is 13.7 Å². The summed E-state index contributed by atoms with van der Waals surface area (Å²) >= 11 is 0. The lowest BCUT2D eigenvalue weighted by Gasteiger charge is -2.07. The van der Waals surface area contributed by atoms with Crippen molar-refractivity contribution >= 4 is 22.5 Å². The van der Waals surface area contributed by atoms with E-state index in [1.807, 2.05) is 12.1 Å². The Morgan fingerprint density at radius 1 is 1.14 bits per heavy atom. The molecule has 3 rings (SSSR count). The van der Waals surface area contributed by atoms with Crippen LogP contribution in [-0.2, 0) is 17.6 Å². The summed E-state index contributed by atoms with van der Waals surface area (Å²) in [7, 11) is 1.56. The highest BCUT2D eigenvalue weighted by Gasteiger charge is 2.08. The fraction of sp³-hybridized carbons (Fsp3) is 0.238. The van der Waals surface area contributed by atoms with Crippen molar-refractivity contribution in [3.05, 3.63) is 80.1 Å². The minimum absolute atomic E-state index is 0.0387. The zero-order valence-electron chi connectivity index (χ0n) is 15.9. The van der Waals surface area contributed by atoms with Gasteiger partial charge in [-0.05, 0) is 42.0 Å². The number of aryl methyl sites for hydroxylation is 1. The van der Waals surface area contributed by atoms with Crippen molar-refractivity contribution in [2.24, 2.45) is 0 Å². The Labute approximate surface area is 166 Å². The van der Waals surface area contributed by atoms with Crippen molar-refractivity contribution in [3.63, 3.8) is 0 Å². The number of non-ortho nitro benzene ring substituents is 1. The van der Waals surface area contributed by atoms with E-state index >= 15 is 0 Å². The molecule has 150 valence electrons. The normalized spacial score (nSPS) is 10.7. The summed E-state index contributed by atoms with van der Waals surface area (Å²) in [5.74, 6) is 0.509. The number of aromatic nitrogens is 1. The Morgan fingerprint density at radius 3 is 2.59 bits per heavy atom. The monoisotopic (exact) mass is 395 g/mol. The van der Waals surface area contributed by atoms with Crippen LogP contribution in [0.4, 0.5) is 5.69 Å². The summed E-state index contributed by atoms with van der Waals surface area (Å²) in [6.45, 7) is 0.421. The maximum absolute atomic E-state index is 12.2. The molecule has 0 radical (unpaired) electrons. The van der Waals surface area contributed by atoms with Crippen molar-refractivity contribution in [2.45, 2.75) is 19.3 Å². The number of nitro benzene ring substituents is 1. The maximum atomic E-state index is 12.2. The number of ether oxygens (including phenoxy) is 1. The Balaban J connectivity index is 1.51. The molecule has 0 atom stereocenters. The molecule has 0 saturated heterocycles. The second-order valence-corrected chi connectivity index (χ2v) is 6.60. The topological polar surface area (TPSA) is 114 Å². The fourth-order valence-corrected chi connectivity index (χ4v) is 3.01. The number of nitrogens with zero attached hydrogens (tertiary/aromatic N) is 1. The standard InChI is InChI=1S/C21H21N3O5/c1-29-18-8-4-15-12-16(21(26)23-19(15)13-18)5-9-20(25)22-11-10-14-2-6-17(7-3-14)24(27)28/h2-4,6-8,12-13H,5,9-11H2,1H3,(H,22,25)(H,23,26). The van der Waals surface area contributed by atoms with Crippen LogP contribution in [0.2, 0.25) is 0 Å². The third kappa shape index (κ3) is 5.19. The number of H-pyrrole nitrogens is 1. The molecule has 8 heteroatoms. The first-order valence-corrected chi connectivity index (χ1v) is 9.16. The lowest BCUT2D eigenvalue weighted by atomic mass is 10.1. The Kier molecular flexibility index (Phi) is 6.23. The Hall–Kier alpha value is -3.68. The average molecular weight is 395 g/mol. The van der Waals surface area contributed by atoms with Gasteiger partial charge in [0.1, 0.15) is 5.75 Å². The first kappa shape index (κ1) is 20.1. The van der Waals surface area contributed by atoms with Crippen LogP contribution in [0.25, 0.3) is 10.9 Å². The molecule has 0 fully saturated rings. The predicted octanol–water partition coefficient (Wildman–Crippen LogP) is 2.74. The van der Waals surface area contributed by atoms with Gasteiger partial charge in [-0.25, -0.2) is 0 Å². The van der Waals surface area contributed by atoms with Gasteiger partial charge in [0.15, 0.2) is 0 Å². The molecule has 0 unspecified atom stereocenters. The zero-order chi connectivity index (χ0) is 20.8. The van der Waals surface area contributed by atoms with Crippen LogP contribution in [0.15, 0.2) is 53.3 Å². The van der Waals surface area contributed by atoms with Crippen molar-refractivity contribution < 1.29 is 14.5 Å². The lowest BCUT2D eigenvalue weighted by molar-refractivity contribution is -0.384. The molecule has 0 aliphatic heterocycles. The molecular weight excluding hydrogens is 374 g/mol. The summed E-state index contributed by atoms with van der Waals surface area (Å²) in [6, 6.07) is 13.5. The summed E-state index contributed by atoms with van der Waals surface area (Å²) in [4.78, 5) is 37.3. The first-order chi connectivity index (χ1) is 14.0. The van der Waals surface area contributed by atoms with Gasteiger partial charge in [-0.15, -0.1) is 0 Å². The summed E-state index contributed by atoms with van der Waals surface area (Å²) in [5.41, 5.74) is 1.96. The number of methoxy groups -OCH3 is 1. The minimum atomic E-state index is -0.448. The fourth-order valence-electron chi connectivity index (χ4n) is 3.01. The van der Waals surface area contributed by atoms with E-state index < -0.39 is 4.92 Å². The van der Waals surface area contributed by atoms with E-state index in [9.17, 15) is 19.7 Å². The van der Waals surface area contributed by atoms with E-state index in [0.717, 1.165) is 10.9 Å². The number of fused-ring (bicyclic) bond motifs is 1. The largest absolute Gasteiger partial charge is 0.497 e. The summed E-state index contributed by atoms with van der Waals surface area (Å²) in [5, 5.41) is 14.3. The number of rotatable bonds is 8. The van der Waals surface area contributed by atoms with E-state index in [1.165, 1.54) is 12.1 Å². The van der Waals surface area contributed by atoms with Crippen LogP contribution in [0.1, 0.15) is 17.5 Å². The van der Waals surface area contributed by atoms with Gasteiger partial charge in [-0.1, -0.05) is 12.1 Å². The average Bonchev–Trinajstić information content (AvgIpc) is 2.72. The number of nitro groups is 1. The second kappa shape index (κ2) is 9.01. The first-order valence-electron chi connectivity index (χ1n) is 9.16. The molecule has 1 heterocycles. The Bertz CT molecular complexity index is 1090. The molecule has 0 spiro atoms. The molecular formula is C21H21N3O5. The predicted molar refractivity (Wildman–Crippen MR) is 109 cm³/mol. The smallest absolute Gasteiger partial charge is 0.269 e. The molecule has 1 amide bonds. The van der Waals surface area contributed by atoms with Crippen LogP contribution < -0.4 is 15.6 Å². The van der Waals surface area contributed by atoms with Gasteiger partial charge in [-0.3, -0.25) is 19.7 Å². The molecule has 0 aliphatic rings. The highest BCUT2D eigenvalue weighted by Crippen LogP contribution is 2.18. The quantitative estimate of drug-likeness (QED) is 0.450. The van der Waals surface area contributed by atoms with Gasteiger partial charge in [0.05, 0.1) is 17.5 Å². The van der Waals surface area contributed by atoms with E-state index in [4.69, 9.17) is 4.74 Å². The van der Waals surface area contributed by atoms with Crippen LogP contribution in [0.3, 0.4) is 0 Å². The van der Waals surface area contributed by atoms with Gasteiger partial charge in [0.25, 0.3) is 11.2 Å². The van der Waals surface area contributed by atoms with Crippen LogP contribution in [-0.4, -0.2) is 29.5 Å². The van der Waals surface area contributed by atoms with Crippen molar-refractivity contribution in [1.29, 1.82) is 0 Å². The lowest BCUT2D eigenvalue weighted by Crippen LogP contribution is -2.26. The molecule has 0 aliphatic carbocycles. The van der Waals surface area contributed by atoms with Crippen LogP contribution in [0, 0.1) is 10.1 Å². The number of pyridine rings is 1. The van der Waals surface area contributed by atoms with Gasteiger partial charge in [-0.2, -0.15) is 0 Å². The Morgan fingerprint density at radius 2 is 1.90 bits per heavy atom. The van der Waals surface area contributed by atoms with E-state index in [2.05, 4.69) is 10.3 Å². The SMILES string of the molecule is COc1ccc2cc(CCC(=O)NCCc3ccc([N+](=O)[O-])cc3)c(=O)[nH]c2c1. The number of amides is 1. The van der Waals surface area contributed by atoms with E-state index in [1.54, 1.807) is 31.4 Å². The van der Waals surface area contributed by atoms with Gasteiger partial charge >= 0.3 is 0 Å². The molecule has 0 saturated carbocycles. The number of benzene rings is 2. The minimum Gasteiger partial charge on any atom is -0.497 e. The number of hydrogen-bond acceptors (Lipinski definition) is 5. The molecule has 0 bridgehead atoms. The third-order valence-electron chi connectivity index (χ3n) is 4.63. The summed E-state index contributed by atoms with van der Waals surface area (Å²) < 4.78 is 5.15. The molecule has 2 aromatic carbocycles. The number of nitrogens with one attached hydrogen (secondary N) is 2. The molecule has 1 aromatic heterocycles. The third-order valence-corrected chi connectivity index (χ3v) is 4.63. The summed E-state index contributed by atoms with van der Waals surface area (Å²) in [6.07, 6.45) is 1.10. The molecule has 29 heavy (non-hydrogen) atoms. The van der Waals surface area contributed by atoms with Gasteiger partial charge < -0.3 is 15.0 Å². The molecule has 2 N–H and O–H groups in total. The van der Waals surface area contributed by atoms with Crippen molar-refractivity contribution in [1.82, 2.24) is 10.3 Å². The highest BCUT2D eigenvalue weighted by molar-refractivity contribution is 5.81. The number of carbonyl (C=O) groups is 1. The van der Waals surface area contributed by atoms with Gasteiger partial charge in [0.2, 0.25) is 5.91 Å². The number of carbonyl (C=O) groups excluding carboxylic acids is 1. The van der Waals surface area contributed by atoms with Crippen molar-refractivity contribution in [3.8, 4) is 5.75 Å². The van der Waals surface area contributed by atoms with Crippen LogP contribution in [0.5, 0.6) is 5.75 Å². The highest BCUT2D eigenvalue weighted by atomic mass is 16.6. The molecule has 8 nitrogen and oxygen atoms in total. The second-order valence-electron chi connectivity index (χ2n) is 6.60. The maximum Gasteiger partial charge on any atom is 0.269 e. The number of aromatic amines is 1. The van der Waals surface area contributed by atoms with Gasteiger partial charge in [0, 0.05) is 36.7 Å². The number of hydrogen-bond donors (Lipinski definition) is 2. The zero-order valence-corrected chi connectivity index (χ0v) is 15.9. The molecule has 3 aromatic rings. The van der Waals surface area contributed by atoms with E-state index in [-0.39, 0.29) is 23.6 Å². The van der Waals surface area contributed by atoms with E-state index in [0.29, 0.717) is 36.2 Å².